The van der Waals surface area contributed by atoms with Crippen LogP contribution in [0, 0.1) is 0 Å². The largest absolute Gasteiger partial charge is 0.309 e. The van der Waals surface area contributed by atoms with E-state index in [0.717, 1.165) is 38.5 Å². The molecule has 0 aliphatic heterocycles. The lowest BCUT2D eigenvalue weighted by molar-refractivity contribution is 1.18. The summed E-state index contributed by atoms with van der Waals surface area (Å²) in [4.78, 5) is 11.3. The predicted octanol–water partition coefficient (Wildman–Crippen LogP) is 11.6. The quantitative estimate of drug-likeness (QED) is 0.199. The van der Waals surface area contributed by atoms with Gasteiger partial charge in [0.2, 0.25) is 0 Å². The molecule has 0 spiro atoms. The lowest BCUT2D eigenvalue weighted by Gasteiger charge is -2.12. The summed E-state index contributed by atoms with van der Waals surface area (Å²) in [5.41, 5.74) is 6.58. The van der Waals surface area contributed by atoms with Crippen molar-refractivity contribution in [2.24, 2.45) is 0 Å². The molecule has 4 heterocycles. The van der Waals surface area contributed by atoms with Gasteiger partial charge in [0.05, 0.1) is 16.7 Å². The molecule has 0 bridgehead atoms. The fraction of sp³-hybridized carbons (Fsp3) is 0. The van der Waals surface area contributed by atoms with Crippen molar-refractivity contribution >= 4 is 85.0 Å². The van der Waals surface area contributed by atoms with Crippen molar-refractivity contribution in [1.29, 1.82) is 0 Å². The summed E-state index contributed by atoms with van der Waals surface area (Å²) in [6.07, 6.45) is 0. The molecule has 10 aromatic rings. The summed E-state index contributed by atoms with van der Waals surface area (Å²) in [6, 6.07) is 50.0. The van der Waals surface area contributed by atoms with Crippen LogP contribution in [0.25, 0.3) is 90.6 Å². The Hall–Kier alpha value is -5.36. The summed E-state index contributed by atoms with van der Waals surface area (Å²) in [6.45, 7) is 0. The summed E-state index contributed by atoms with van der Waals surface area (Å²) in [5, 5.41) is 7.46. The van der Waals surface area contributed by atoms with Crippen molar-refractivity contribution in [3.63, 3.8) is 0 Å². The molecular formula is C40H23N3S2. The van der Waals surface area contributed by atoms with E-state index in [-0.39, 0.29) is 0 Å². The Kier molecular flexibility index (Phi) is 5.32. The molecule has 45 heavy (non-hydrogen) atoms. The average molecular weight is 610 g/mol. The highest BCUT2D eigenvalue weighted by molar-refractivity contribution is 7.26. The topological polar surface area (TPSA) is 30.7 Å². The molecule has 0 fully saturated rings. The molecule has 5 heteroatoms. The zero-order valence-corrected chi connectivity index (χ0v) is 25.6. The molecule has 0 unspecified atom stereocenters. The fourth-order valence-corrected chi connectivity index (χ4v) is 9.01. The number of benzene rings is 6. The normalized spacial score (nSPS) is 12.0. The Bertz CT molecular complexity index is 2770. The van der Waals surface area contributed by atoms with Crippen LogP contribution in [0.3, 0.4) is 0 Å². The van der Waals surface area contributed by atoms with Crippen LogP contribution in [0.1, 0.15) is 0 Å². The Morgan fingerprint density at radius 2 is 1.16 bits per heavy atom. The molecule has 10 rings (SSSR count). The highest BCUT2D eigenvalue weighted by atomic mass is 32.1. The number of fused-ring (bicyclic) bond motifs is 9. The number of nitrogens with zero attached hydrogens (tertiary/aromatic N) is 3. The van der Waals surface area contributed by atoms with Crippen LogP contribution in [-0.2, 0) is 0 Å². The molecule has 0 aliphatic carbocycles. The zero-order chi connectivity index (χ0) is 29.5. The van der Waals surface area contributed by atoms with Crippen molar-refractivity contribution < 1.29 is 0 Å². The first-order valence-corrected chi connectivity index (χ1v) is 16.6. The fourth-order valence-electron chi connectivity index (χ4n) is 6.81. The first kappa shape index (κ1) is 25.0. The van der Waals surface area contributed by atoms with E-state index in [2.05, 4.69) is 126 Å². The van der Waals surface area contributed by atoms with Crippen LogP contribution >= 0.6 is 22.7 Å². The number of rotatable bonds is 3. The van der Waals surface area contributed by atoms with Crippen molar-refractivity contribution in [2.45, 2.75) is 0 Å². The second-order valence-electron chi connectivity index (χ2n) is 11.4. The first-order chi connectivity index (χ1) is 22.3. The van der Waals surface area contributed by atoms with E-state index in [1.807, 2.05) is 29.5 Å². The Balaban J connectivity index is 1.26. The van der Waals surface area contributed by atoms with Crippen LogP contribution in [0.2, 0.25) is 0 Å². The van der Waals surface area contributed by atoms with Gasteiger partial charge < -0.3 is 4.57 Å². The SMILES string of the molecule is c1ccc(-c2nc(-c3cccc(-n4c5ccccc5c5cc6sc7ccccc7c6cc54)c3)c3c(n2)sc2ccccc23)cc1. The Morgan fingerprint density at radius 3 is 2.02 bits per heavy atom. The van der Waals surface area contributed by atoms with Gasteiger partial charge in [-0.15, -0.1) is 22.7 Å². The van der Waals surface area contributed by atoms with Crippen LogP contribution in [0.15, 0.2) is 140 Å². The van der Waals surface area contributed by atoms with Gasteiger partial charge in [-0.2, -0.15) is 0 Å². The Labute approximate surface area is 266 Å². The van der Waals surface area contributed by atoms with Gasteiger partial charge in [0.1, 0.15) is 4.83 Å². The number of hydrogen-bond donors (Lipinski definition) is 0. The molecule has 6 aromatic carbocycles. The predicted molar refractivity (Wildman–Crippen MR) is 193 cm³/mol. The van der Waals surface area contributed by atoms with Gasteiger partial charge in [-0.05, 0) is 42.5 Å². The van der Waals surface area contributed by atoms with Crippen molar-refractivity contribution in [2.75, 3.05) is 0 Å². The number of thiophene rings is 2. The van der Waals surface area contributed by atoms with Gasteiger partial charge >= 0.3 is 0 Å². The molecule has 0 N–H and O–H groups in total. The van der Waals surface area contributed by atoms with E-state index in [0.29, 0.717) is 0 Å². The molecule has 0 saturated heterocycles. The molecule has 0 aliphatic rings. The van der Waals surface area contributed by atoms with Crippen LogP contribution < -0.4 is 0 Å². The number of aromatic nitrogens is 3. The molecule has 210 valence electrons. The standard InChI is InChI=1S/C40H23N3S2/c1-2-11-24(12-3-1)39-41-38(37-29-17-6-9-20-35(29)45-40(37)42-39)25-13-10-14-26(21-25)43-32-18-7-4-15-27(32)30-23-36-31(22-33(30)43)28-16-5-8-19-34(28)44-36/h1-23H. The van der Waals surface area contributed by atoms with Crippen molar-refractivity contribution in [3.05, 3.63) is 140 Å². The number of para-hydroxylation sites is 1. The van der Waals surface area contributed by atoms with Crippen molar-refractivity contribution in [1.82, 2.24) is 14.5 Å². The maximum atomic E-state index is 5.27. The first-order valence-electron chi connectivity index (χ1n) is 15.0. The van der Waals surface area contributed by atoms with E-state index in [1.54, 1.807) is 11.3 Å². The molecule has 0 saturated carbocycles. The van der Waals surface area contributed by atoms with Gasteiger partial charge in [0.25, 0.3) is 0 Å². The summed E-state index contributed by atoms with van der Waals surface area (Å²) in [7, 11) is 0. The lowest BCUT2D eigenvalue weighted by Crippen LogP contribution is -1.96. The maximum Gasteiger partial charge on any atom is 0.161 e. The van der Waals surface area contributed by atoms with E-state index >= 15 is 0 Å². The highest BCUT2D eigenvalue weighted by Crippen LogP contribution is 2.42. The molecule has 3 nitrogen and oxygen atoms in total. The van der Waals surface area contributed by atoms with E-state index in [9.17, 15) is 0 Å². The molecule has 0 atom stereocenters. The monoisotopic (exact) mass is 609 g/mol. The van der Waals surface area contributed by atoms with Crippen LogP contribution in [0.5, 0.6) is 0 Å². The summed E-state index contributed by atoms with van der Waals surface area (Å²) < 4.78 is 6.28. The van der Waals surface area contributed by atoms with E-state index < -0.39 is 0 Å². The Morgan fingerprint density at radius 1 is 0.444 bits per heavy atom. The van der Waals surface area contributed by atoms with Gasteiger partial charge in [0, 0.05) is 63.2 Å². The van der Waals surface area contributed by atoms with Gasteiger partial charge in [-0.1, -0.05) is 97.1 Å². The second kappa shape index (κ2) is 9.57. The molecule has 0 amide bonds. The minimum Gasteiger partial charge on any atom is -0.309 e. The molecule has 0 radical (unpaired) electrons. The minimum atomic E-state index is 0.749. The summed E-state index contributed by atoms with van der Waals surface area (Å²) >= 11 is 3.60. The summed E-state index contributed by atoms with van der Waals surface area (Å²) in [5.74, 6) is 0.749. The minimum absolute atomic E-state index is 0.749. The zero-order valence-electron chi connectivity index (χ0n) is 23.9. The highest BCUT2D eigenvalue weighted by Gasteiger charge is 2.19. The van der Waals surface area contributed by atoms with Gasteiger partial charge in [0.15, 0.2) is 5.82 Å². The number of hydrogen-bond acceptors (Lipinski definition) is 4. The molecule has 4 aromatic heterocycles. The third kappa shape index (κ3) is 3.75. The van der Waals surface area contributed by atoms with E-state index in [1.165, 1.54) is 52.1 Å². The average Bonchev–Trinajstić information content (AvgIpc) is 3.76. The van der Waals surface area contributed by atoms with Gasteiger partial charge in [-0.3, -0.25) is 0 Å². The van der Waals surface area contributed by atoms with Crippen LogP contribution in [0.4, 0.5) is 0 Å². The van der Waals surface area contributed by atoms with E-state index in [4.69, 9.17) is 9.97 Å². The molecular weight excluding hydrogens is 587 g/mol. The smallest absolute Gasteiger partial charge is 0.161 e. The van der Waals surface area contributed by atoms with Gasteiger partial charge in [-0.25, -0.2) is 9.97 Å². The third-order valence-electron chi connectivity index (χ3n) is 8.82. The van der Waals surface area contributed by atoms with Crippen molar-refractivity contribution in [3.8, 4) is 28.3 Å². The maximum absolute atomic E-state index is 5.27. The van der Waals surface area contributed by atoms with Crippen LogP contribution in [-0.4, -0.2) is 14.5 Å². The lowest BCUT2D eigenvalue weighted by atomic mass is 10.0. The second-order valence-corrected chi connectivity index (χ2v) is 13.5. The third-order valence-corrected chi connectivity index (χ3v) is 11.0.